The largest absolute Gasteiger partial charge is 0.463 e. The molecule has 6 heteroatoms. The maximum Gasteiger partial charge on any atom is 0.338 e. The predicted molar refractivity (Wildman–Crippen MR) is 143 cm³/mol. The number of rotatable bonds is 5. The van der Waals surface area contributed by atoms with E-state index in [0.717, 1.165) is 32.0 Å². The van der Waals surface area contributed by atoms with Gasteiger partial charge in [0.25, 0.3) is 0 Å². The molecule has 34 heavy (non-hydrogen) atoms. The number of aliphatic imine (C=N–C) groups is 1. The van der Waals surface area contributed by atoms with Gasteiger partial charge < -0.3 is 9.64 Å². The molecule has 0 saturated heterocycles. The second-order valence-corrected chi connectivity index (χ2v) is 9.76. The van der Waals surface area contributed by atoms with Crippen LogP contribution >= 0.6 is 27.7 Å². The van der Waals surface area contributed by atoms with Crippen molar-refractivity contribution in [2.24, 2.45) is 4.99 Å². The number of hydrogen-bond donors (Lipinski definition) is 0. The standard InChI is InChI=1S/C28H23BrN2O2S/c1-3-33-27(32)25-18(2)30-28-31(26(25)22-10-7-11-23(29)16-22)24(17-34-28)21-14-12-20(13-15-21)19-8-5-4-6-9-19/h4-17,26H,3H2,1-2H3/t26-/m0/s1. The molecule has 170 valence electrons. The van der Waals surface area contributed by atoms with Crippen LogP contribution in [0.5, 0.6) is 0 Å². The zero-order valence-corrected chi connectivity index (χ0v) is 21.3. The molecule has 4 nitrogen and oxygen atoms in total. The first-order valence-electron chi connectivity index (χ1n) is 11.1. The lowest BCUT2D eigenvalue weighted by Crippen LogP contribution is -2.36. The monoisotopic (exact) mass is 530 g/mol. The summed E-state index contributed by atoms with van der Waals surface area (Å²) >= 11 is 5.17. The van der Waals surface area contributed by atoms with Gasteiger partial charge in [-0.1, -0.05) is 94.4 Å². The van der Waals surface area contributed by atoms with Crippen molar-refractivity contribution in [1.29, 1.82) is 0 Å². The van der Waals surface area contributed by atoms with Crippen LogP contribution in [0.2, 0.25) is 0 Å². The highest BCUT2D eigenvalue weighted by Gasteiger charge is 2.41. The van der Waals surface area contributed by atoms with Gasteiger partial charge in [0.2, 0.25) is 0 Å². The lowest BCUT2D eigenvalue weighted by Gasteiger charge is -2.36. The van der Waals surface area contributed by atoms with Gasteiger partial charge in [0.05, 0.1) is 29.6 Å². The molecule has 0 aliphatic carbocycles. The number of thioether (sulfide) groups is 1. The van der Waals surface area contributed by atoms with Gasteiger partial charge in [-0.05, 0) is 48.2 Å². The van der Waals surface area contributed by atoms with Crippen molar-refractivity contribution in [2.75, 3.05) is 6.61 Å². The number of allylic oxidation sites excluding steroid dienone is 1. The first-order valence-corrected chi connectivity index (χ1v) is 12.8. The van der Waals surface area contributed by atoms with Gasteiger partial charge >= 0.3 is 5.97 Å². The molecule has 3 aromatic rings. The summed E-state index contributed by atoms with van der Waals surface area (Å²) in [5.74, 6) is -0.330. The van der Waals surface area contributed by atoms with E-state index in [1.165, 1.54) is 5.56 Å². The summed E-state index contributed by atoms with van der Waals surface area (Å²) in [7, 11) is 0. The summed E-state index contributed by atoms with van der Waals surface area (Å²) in [6.45, 7) is 4.02. The first-order chi connectivity index (χ1) is 16.6. The van der Waals surface area contributed by atoms with Crippen molar-refractivity contribution in [1.82, 2.24) is 4.90 Å². The number of fused-ring (bicyclic) bond motifs is 1. The number of amidine groups is 1. The molecule has 1 atom stereocenters. The van der Waals surface area contributed by atoms with E-state index >= 15 is 0 Å². The average molecular weight is 531 g/mol. The van der Waals surface area contributed by atoms with E-state index in [1.807, 2.05) is 50.2 Å². The minimum atomic E-state index is -0.334. The summed E-state index contributed by atoms with van der Waals surface area (Å²) in [6.07, 6.45) is 0. The molecule has 2 heterocycles. The molecule has 0 bridgehead atoms. The fourth-order valence-corrected chi connectivity index (χ4v) is 5.71. The summed E-state index contributed by atoms with van der Waals surface area (Å²) in [5, 5.41) is 2.97. The fourth-order valence-electron chi connectivity index (χ4n) is 4.32. The molecule has 0 spiro atoms. The lowest BCUT2D eigenvalue weighted by atomic mass is 9.93. The van der Waals surface area contributed by atoms with Gasteiger partial charge in [-0.2, -0.15) is 0 Å². The van der Waals surface area contributed by atoms with Crippen LogP contribution in [-0.2, 0) is 9.53 Å². The molecule has 0 amide bonds. The van der Waals surface area contributed by atoms with E-state index in [-0.39, 0.29) is 12.0 Å². The zero-order valence-electron chi connectivity index (χ0n) is 18.9. The molecule has 3 aromatic carbocycles. The van der Waals surface area contributed by atoms with Crippen molar-refractivity contribution in [3.05, 3.63) is 111 Å². The molecule has 0 fully saturated rings. The number of hydrogen-bond acceptors (Lipinski definition) is 5. The third-order valence-electron chi connectivity index (χ3n) is 5.87. The van der Waals surface area contributed by atoms with E-state index in [1.54, 1.807) is 11.8 Å². The molecule has 0 saturated carbocycles. The summed E-state index contributed by atoms with van der Waals surface area (Å²) in [4.78, 5) is 20.0. The summed E-state index contributed by atoms with van der Waals surface area (Å²) in [5.41, 5.74) is 6.68. The van der Waals surface area contributed by atoms with Crippen LogP contribution in [0, 0.1) is 0 Å². The predicted octanol–water partition coefficient (Wildman–Crippen LogP) is 7.41. The topological polar surface area (TPSA) is 41.9 Å². The Labute approximate surface area is 212 Å². The van der Waals surface area contributed by atoms with Crippen LogP contribution in [0.3, 0.4) is 0 Å². The maximum absolute atomic E-state index is 13.1. The number of esters is 1. The Bertz CT molecular complexity index is 1330. The Morgan fingerprint density at radius 1 is 1.00 bits per heavy atom. The lowest BCUT2D eigenvalue weighted by molar-refractivity contribution is -0.139. The van der Waals surface area contributed by atoms with Crippen LogP contribution in [0.4, 0.5) is 0 Å². The third-order valence-corrected chi connectivity index (χ3v) is 7.21. The Morgan fingerprint density at radius 3 is 2.41 bits per heavy atom. The molecule has 2 aliphatic rings. The van der Waals surface area contributed by atoms with Crippen molar-refractivity contribution < 1.29 is 9.53 Å². The SMILES string of the molecule is CCOC(=O)C1=C(C)N=C2SC=C(c3ccc(-c4ccccc4)cc3)N2[C@H]1c1cccc(Br)c1. The minimum Gasteiger partial charge on any atom is -0.463 e. The number of carbonyl (C=O) groups excluding carboxylic acids is 1. The molecular formula is C28H23BrN2O2S. The van der Waals surface area contributed by atoms with Crippen LogP contribution in [0.1, 0.15) is 31.0 Å². The van der Waals surface area contributed by atoms with Gasteiger partial charge in [0.1, 0.15) is 0 Å². The highest BCUT2D eigenvalue weighted by Crippen LogP contribution is 2.47. The highest BCUT2D eigenvalue weighted by molar-refractivity contribution is 9.10. The highest BCUT2D eigenvalue weighted by atomic mass is 79.9. The molecular weight excluding hydrogens is 508 g/mol. The fraction of sp³-hybridized carbons (Fsp3) is 0.143. The summed E-state index contributed by atoms with van der Waals surface area (Å²) < 4.78 is 6.42. The van der Waals surface area contributed by atoms with Crippen molar-refractivity contribution >= 4 is 44.5 Å². The number of nitrogens with zero attached hydrogens (tertiary/aromatic N) is 2. The second-order valence-electron chi connectivity index (χ2n) is 8.01. The Hall–Kier alpha value is -3.09. The maximum atomic E-state index is 13.1. The van der Waals surface area contributed by atoms with E-state index in [9.17, 15) is 4.79 Å². The number of ether oxygens (including phenoxy) is 1. The van der Waals surface area contributed by atoms with Gasteiger partial charge in [0.15, 0.2) is 5.17 Å². The van der Waals surface area contributed by atoms with Crippen LogP contribution in [0.25, 0.3) is 16.8 Å². The molecule has 0 unspecified atom stereocenters. The average Bonchev–Trinajstić information content (AvgIpc) is 3.27. The number of benzene rings is 3. The Morgan fingerprint density at radius 2 is 1.71 bits per heavy atom. The molecule has 5 rings (SSSR count). The molecule has 2 aliphatic heterocycles. The van der Waals surface area contributed by atoms with E-state index in [4.69, 9.17) is 9.73 Å². The van der Waals surface area contributed by atoms with Crippen molar-refractivity contribution in [3.8, 4) is 11.1 Å². The van der Waals surface area contributed by atoms with Crippen molar-refractivity contribution in [3.63, 3.8) is 0 Å². The Balaban J connectivity index is 1.57. The van der Waals surface area contributed by atoms with Crippen LogP contribution < -0.4 is 0 Å². The van der Waals surface area contributed by atoms with Gasteiger partial charge in [-0.3, -0.25) is 0 Å². The normalized spacial score (nSPS) is 17.3. The van der Waals surface area contributed by atoms with E-state index < -0.39 is 0 Å². The third kappa shape index (κ3) is 4.24. The molecule has 0 radical (unpaired) electrons. The van der Waals surface area contributed by atoms with Crippen LogP contribution in [0.15, 0.2) is 105 Å². The zero-order chi connectivity index (χ0) is 23.7. The number of carbonyl (C=O) groups is 1. The van der Waals surface area contributed by atoms with Gasteiger partial charge in [-0.15, -0.1) is 0 Å². The first kappa shape index (κ1) is 22.7. The quantitative estimate of drug-likeness (QED) is 0.322. The van der Waals surface area contributed by atoms with Crippen LogP contribution in [-0.4, -0.2) is 22.6 Å². The van der Waals surface area contributed by atoms with Crippen molar-refractivity contribution in [2.45, 2.75) is 19.9 Å². The van der Waals surface area contributed by atoms with Gasteiger partial charge in [0, 0.05) is 9.88 Å². The van der Waals surface area contributed by atoms with E-state index in [0.29, 0.717) is 17.9 Å². The smallest absolute Gasteiger partial charge is 0.338 e. The minimum absolute atomic E-state index is 0.315. The summed E-state index contributed by atoms with van der Waals surface area (Å²) in [6, 6.07) is 26.6. The second kappa shape index (κ2) is 9.65. The number of halogens is 1. The molecule has 0 aromatic heterocycles. The molecule has 0 N–H and O–H groups in total. The van der Waals surface area contributed by atoms with E-state index in [2.05, 4.69) is 68.7 Å². The van der Waals surface area contributed by atoms with Gasteiger partial charge in [-0.25, -0.2) is 9.79 Å². The Kier molecular flexibility index (Phi) is 6.44.